The zero-order valence-corrected chi connectivity index (χ0v) is 10.4. The van der Waals surface area contributed by atoms with Gasteiger partial charge < -0.3 is 10.2 Å². The van der Waals surface area contributed by atoms with Gasteiger partial charge in [0.25, 0.3) is 0 Å². The van der Waals surface area contributed by atoms with E-state index in [0.717, 1.165) is 22.3 Å². The van der Waals surface area contributed by atoms with Gasteiger partial charge in [-0.05, 0) is 31.0 Å². The smallest absolute Gasteiger partial charge is 0.0885 e. The highest BCUT2D eigenvalue weighted by molar-refractivity contribution is 5.93. The van der Waals surface area contributed by atoms with Crippen LogP contribution in [0.2, 0.25) is 0 Å². The minimum atomic E-state index is 0.484. The third kappa shape index (κ3) is 2.09. The Morgan fingerprint density at radius 1 is 1.35 bits per heavy atom. The van der Waals surface area contributed by atoms with Crippen LogP contribution in [0.15, 0.2) is 18.2 Å². The fraction of sp³-hybridized carbons (Fsp3) is 0.308. The second kappa shape index (κ2) is 4.69. The van der Waals surface area contributed by atoms with Crippen molar-refractivity contribution in [2.45, 2.75) is 20.5 Å². The van der Waals surface area contributed by atoms with Gasteiger partial charge in [0.15, 0.2) is 0 Å². The van der Waals surface area contributed by atoms with E-state index in [1.54, 1.807) is 7.11 Å². The van der Waals surface area contributed by atoms with Crippen LogP contribution in [0, 0.1) is 13.8 Å². The molecule has 0 aliphatic carbocycles. The number of ether oxygens (including phenoxy) is 1. The van der Waals surface area contributed by atoms with E-state index in [2.05, 4.69) is 30.3 Å². The molecule has 17 heavy (non-hydrogen) atoms. The number of nitrogen functional groups attached to an aromatic ring is 1. The summed E-state index contributed by atoms with van der Waals surface area (Å²) in [7, 11) is 1.66. The lowest BCUT2D eigenvalue weighted by Gasteiger charge is -2.11. The highest BCUT2D eigenvalue weighted by atomic mass is 16.5. The Hall–Kier alpha value is -1.65. The molecule has 0 radical (unpaired) electrons. The summed E-state index contributed by atoms with van der Waals surface area (Å²) < 4.78 is 5.12. The Bertz CT molecular complexity index is 552. The molecule has 0 fully saturated rings. The Kier molecular flexibility index (Phi) is 3.26. The van der Waals surface area contributed by atoms with E-state index in [1.165, 1.54) is 11.1 Å². The predicted molar refractivity (Wildman–Crippen MR) is 69.7 cm³/mol. The number of aromatic nitrogens is 1. The fourth-order valence-electron chi connectivity index (χ4n) is 1.92. The molecule has 0 bridgehead atoms. The first kappa shape index (κ1) is 11.8. The van der Waals surface area contributed by atoms with Crippen LogP contribution in [0.1, 0.15) is 16.8 Å². The van der Waals surface area contributed by atoms with E-state index in [1.807, 2.05) is 12.1 Å². The first-order chi connectivity index (χ1) is 8.17. The third-order valence-corrected chi connectivity index (χ3v) is 3.01. The summed E-state index contributed by atoms with van der Waals surface area (Å²) in [5.74, 6) is 5.55. The molecular weight excluding hydrogens is 214 g/mol. The number of nitrogens with zero attached hydrogens (tertiary/aromatic N) is 1. The van der Waals surface area contributed by atoms with E-state index in [4.69, 9.17) is 10.6 Å². The zero-order valence-electron chi connectivity index (χ0n) is 10.4. The van der Waals surface area contributed by atoms with Crippen molar-refractivity contribution in [1.29, 1.82) is 0 Å². The van der Waals surface area contributed by atoms with Gasteiger partial charge in [-0.3, -0.25) is 5.84 Å². The Morgan fingerprint density at radius 2 is 2.12 bits per heavy atom. The van der Waals surface area contributed by atoms with E-state index in [9.17, 15) is 0 Å². The van der Waals surface area contributed by atoms with Crippen LogP contribution < -0.4 is 11.3 Å². The highest BCUT2D eigenvalue weighted by Crippen LogP contribution is 2.27. The molecule has 0 aliphatic rings. The molecule has 1 aromatic carbocycles. The predicted octanol–water partition coefficient (Wildman–Crippen LogP) is 2.28. The SMILES string of the molecule is COCc1cc(NN)c2ccc(C)c(C)c2n1. The summed E-state index contributed by atoms with van der Waals surface area (Å²) in [6.07, 6.45) is 0. The van der Waals surface area contributed by atoms with Gasteiger partial charge in [0.1, 0.15) is 0 Å². The maximum Gasteiger partial charge on any atom is 0.0885 e. The molecule has 0 unspecified atom stereocenters. The first-order valence-corrected chi connectivity index (χ1v) is 5.52. The van der Waals surface area contributed by atoms with Crippen molar-refractivity contribution in [3.63, 3.8) is 0 Å². The van der Waals surface area contributed by atoms with Crippen molar-refractivity contribution in [2.75, 3.05) is 12.5 Å². The monoisotopic (exact) mass is 231 g/mol. The standard InChI is InChI=1S/C13H17N3O/c1-8-4-5-11-12(16-14)6-10(7-17-3)15-13(11)9(8)2/h4-6H,7,14H2,1-3H3,(H,15,16). The number of fused-ring (bicyclic) bond motifs is 1. The number of methoxy groups -OCH3 is 1. The van der Waals surface area contributed by atoms with E-state index >= 15 is 0 Å². The molecule has 0 amide bonds. The first-order valence-electron chi connectivity index (χ1n) is 5.52. The summed E-state index contributed by atoms with van der Waals surface area (Å²) >= 11 is 0. The highest BCUT2D eigenvalue weighted by Gasteiger charge is 2.08. The van der Waals surface area contributed by atoms with Crippen LogP contribution in [-0.4, -0.2) is 12.1 Å². The van der Waals surface area contributed by atoms with Crippen molar-refractivity contribution in [3.05, 3.63) is 35.0 Å². The second-order valence-corrected chi connectivity index (χ2v) is 4.14. The van der Waals surface area contributed by atoms with Gasteiger partial charge in [-0.15, -0.1) is 0 Å². The molecule has 2 rings (SSSR count). The van der Waals surface area contributed by atoms with Crippen molar-refractivity contribution in [1.82, 2.24) is 4.98 Å². The lowest BCUT2D eigenvalue weighted by Crippen LogP contribution is -2.09. The average molecular weight is 231 g/mol. The molecular formula is C13H17N3O. The number of benzene rings is 1. The Morgan fingerprint density at radius 3 is 2.76 bits per heavy atom. The number of nitrogens with one attached hydrogen (secondary N) is 1. The fourth-order valence-corrected chi connectivity index (χ4v) is 1.92. The topological polar surface area (TPSA) is 60.2 Å². The van der Waals surface area contributed by atoms with Gasteiger partial charge >= 0.3 is 0 Å². The molecule has 1 aromatic heterocycles. The number of aryl methyl sites for hydroxylation is 2. The largest absolute Gasteiger partial charge is 0.378 e. The van der Waals surface area contributed by atoms with Crippen LogP contribution in [0.25, 0.3) is 10.9 Å². The van der Waals surface area contributed by atoms with E-state index in [0.29, 0.717) is 6.61 Å². The number of anilines is 1. The van der Waals surface area contributed by atoms with Gasteiger partial charge in [0, 0.05) is 12.5 Å². The van der Waals surface area contributed by atoms with Crippen LogP contribution >= 0.6 is 0 Å². The summed E-state index contributed by atoms with van der Waals surface area (Å²) in [4.78, 5) is 4.61. The van der Waals surface area contributed by atoms with Crippen LogP contribution in [-0.2, 0) is 11.3 Å². The number of rotatable bonds is 3. The summed E-state index contributed by atoms with van der Waals surface area (Å²) in [6, 6.07) is 6.03. The molecule has 0 spiro atoms. The number of nitrogens with two attached hydrogens (primary N) is 1. The zero-order chi connectivity index (χ0) is 12.4. The minimum Gasteiger partial charge on any atom is -0.378 e. The summed E-state index contributed by atoms with van der Waals surface area (Å²) in [6.45, 7) is 4.63. The quantitative estimate of drug-likeness (QED) is 0.628. The molecule has 0 aliphatic heterocycles. The Balaban J connectivity index is 2.73. The molecule has 2 aromatic rings. The van der Waals surface area contributed by atoms with Crippen molar-refractivity contribution < 1.29 is 4.74 Å². The van der Waals surface area contributed by atoms with Crippen LogP contribution in [0.5, 0.6) is 0 Å². The lowest BCUT2D eigenvalue weighted by atomic mass is 10.0. The summed E-state index contributed by atoms with van der Waals surface area (Å²) in [5, 5.41) is 1.04. The molecule has 0 saturated carbocycles. The van der Waals surface area contributed by atoms with Gasteiger partial charge in [-0.1, -0.05) is 12.1 Å². The third-order valence-electron chi connectivity index (χ3n) is 3.01. The number of hydrogen-bond donors (Lipinski definition) is 2. The number of pyridine rings is 1. The molecule has 1 heterocycles. The molecule has 3 N–H and O–H groups in total. The van der Waals surface area contributed by atoms with Gasteiger partial charge in [0.2, 0.25) is 0 Å². The molecule has 0 saturated heterocycles. The maximum atomic E-state index is 5.55. The lowest BCUT2D eigenvalue weighted by molar-refractivity contribution is 0.182. The van der Waals surface area contributed by atoms with Crippen molar-refractivity contribution >= 4 is 16.6 Å². The summed E-state index contributed by atoms with van der Waals surface area (Å²) in [5.41, 5.74) is 7.86. The van der Waals surface area contributed by atoms with E-state index in [-0.39, 0.29) is 0 Å². The van der Waals surface area contributed by atoms with Gasteiger partial charge in [0.05, 0.1) is 23.5 Å². The normalized spacial score (nSPS) is 10.8. The second-order valence-electron chi connectivity index (χ2n) is 4.14. The maximum absolute atomic E-state index is 5.55. The van der Waals surface area contributed by atoms with Crippen LogP contribution in [0.4, 0.5) is 5.69 Å². The van der Waals surface area contributed by atoms with Gasteiger partial charge in [-0.2, -0.15) is 0 Å². The minimum absolute atomic E-state index is 0.484. The van der Waals surface area contributed by atoms with E-state index < -0.39 is 0 Å². The molecule has 4 heteroatoms. The van der Waals surface area contributed by atoms with Crippen molar-refractivity contribution in [3.8, 4) is 0 Å². The number of hydrogen-bond acceptors (Lipinski definition) is 4. The van der Waals surface area contributed by atoms with Gasteiger partial charge in [-0.25, -0.2) is 4.98 Å². The average Bonchev–Trinajstić information content (AvgIpc) is 2.34. The molecule has 0 atom stereocenters. The Labute approximate surface area is 101 Å². The molecule has 90 valence electrons. The van der Waals surface area contributed by atoms with Crippen molar-refractivity contribution in [2.24, 2.45) is 5.84 Å². The van der Waals surface area contributed by atoms with Crippen LogP contribution in [0.3, 0.4) is 0 Å². The molecule has 4 nitrogen and oxygen atoms in total. The number of hydrazine groups is 1.